The zero-order valence-corrected chi connectivity index (χ0v) is 19.3. The molecule has 2 aromatic carbocycles. The molecule has 0 aromatic heterocycles. The molecule has 1 N–H and O–H groups in total. The Balaban J connectivity index is 1.54. The number of nitrogens with zero attached hydrogens (tertiary/aromatic N) is 3. The number of imide groups is 1. The molecule has 4 aliphatic heterocycles. The number of aryl methyl sites for hydroxylation is 1. The van der Waals surface area contributed by atoms with Crippen LogP contribution in [-0.4, -0.2) is 40.1 Å². The van der Waals surface area contributed by atoms with Crippen LogP contribution in [0.15, 0.2) is 30.3 Å². The fourth-order valence-electron chi connectivity index (χ4n) is 6.55. The second kappa shape index (κ2) is 6.86. The third kappa shape index (κ3) is 2.35. The highest BCUT2D eigenvalue weighted by atomic mass is 35.5. The highest BCUT2D eigenvalue weighted by Gasteiger charge is 2.74. The van der Waals surface area contributed by atoms with Gasteiger partial charge in [-0.3, -0.25) is 29.4 Å². The number of halogens is 1. The van der Waals surface area contributed by atoms with Gasteiger partial charge >= 0.3 is 0 Å². The van der Waals surface area contributed by atoms with E-state index in [0.29, 0.717) is 18.7 Å². The minimum absolute atomic E-state index is 0.0820. The first-order chi connectivity index (χ1) is 16.2. The summed E-state index contributed by atoms with van der Waals surface area (Å²) in [6, 6.07) is 7.46. The lowest BCUT2D eigenvalue weighted by Gasteiger charge is -2.36. The third-order valence-corrected chi connectivity index (χ3v) is 8.40. The molecule has 1 spiro atoms. The van der Waals surface area contributed by atoms with Crippen LogP contribution in [0.4, 0.5) is 17.1 Å². The summed E-state index contributed by atoms with van der Waals surface area (Å²) in [4.78, 5) is 55.3. The molecule has 10 heteroatoms. The molecule has 0 bridgehead atoms. The molecule has 3 saturated heterocycles. The second-order valence-corrected chi connectivity index (χ2v) is 9.87. The summed E-state index contributed by atoms with van der Waals surface area (Å²) >= 11 is 5.95. The fraction of sp³-hybridized carbons (Fsp3) is 0.375. The molecule has 3 amide bonds. The van der Waals surface area contributed by atoms with Gasteiger partial charge in [-0.05, 0) is 56.5 Å². The van der Waals surface area contributed by atoms with Crippen LogP contribution in [0, 0.1) is 35.8 Å². The number of nitrogens with one attached hydrogen (secondary N) is 1. The van der Waals surface area contributed by atoms with Crippen molar-refractivity contribution in [3.8, 4) is 0 Å². The van der Waals surface area contributed by atoms with Gasteiger partial charge in [0.05, 0.1) is 22.4 Å². The predicted octanol–water partition coefficient (Wildman–Crippen LogP) is 3.30. The Morgan fingerprint density at radius 1 is 1.15 bits per heavy atom. The number of nitro groups is 1. The monoisotopic (exact) mass is 480 g/mol. The smallest absolute Gasteiger partial charge is 0.289 e. The molecule has 3 fully saturated rings. The molecule has 34 heavy (non-hydrogen) atoms. The Morgan fingerprint density at radius 2 is 1.91 bits per heavy atom. The van der Waals surface area contributed by atoms with Gasteiger partial charge in [0, 0.05) is 23.4 Å². The second-order valence-electron chi connectivity index (χ2n) is 9.46. The summed E-state index contributed by atoms with van der Waals surface area (Å²) in [7, 11) is 0. The Morgan fingerprint density at radius 3 is 2.65 bits per heavy atom. The molecule has 0 radical (unpaired) electrons. The molecule has 0 unspecified atom stereocenters. The van der Waals surface area contributed by atoms with Crippen LogP contribution in [0.2, 0.25) is 5.02 Å². The van der Waals surface area contributed by atoms with Crippen molar-refractivity contribution in [1.82, 2.24) is 4.90 Å². The first-order valence-corrected chi connectivity index (χ1v) is 11.6. The number of anilines is 2. The lowest BCUT2D eigenvalue weighted by Crippen LogP contribution is -2.54. The predicted molar refractivity (Wildman–Crippen MR) is 124 cm³/mol. The summed E-state index contributed by atoms with van der Waals surface area (Å²) in [5.74, 6) is -2.85. The Bertz CT molecular complexity index is 1340. The quantitative estimate of drug-likeness (QED) is 0.401. The van der Waals surface area contributed by atoms with Gasteiger partial charge in [0.2, 0.25) is 17.7 Å². The van der Waals surface area contributed by atoms with Gasteiger partial charge in [-0.15, -0.1) is 0 Å². The molecule has 6 rings (SSSR count). The van der Waals surface area contributed by atoms with Gasteiger partial charge in [-0.2, -0.15) is 0 Å². The van der Waals surface area contributed by atoms with E-state index in [-0.39, 0.29) is 28.3 Å². The normalized spacial score (nSPS) is 29.6. The summed E-state index contributed by atoms with van der Waals surface area (Å²) < 4.78 is 0. The Labute approximate surface area is 199 Å². The lowest BCUT2D eigenvalue weighted by atomic mass is 9.75. The number of fused-ring (bicyclic) bond motifs is 7. The van der Waals surface area contributed by atoms with E-state index in [1.165, 1.54) is 12.1 Å². The first kappa shape index (κ1) is 21.2. The number of nitro benzene ring substituents is 1. The maximum Gasteiger partial charge on any atom is 0.289 e. The summed E-state index contributed by atoms with van der Waals surface area (Å²) in [5.41, 5.74) is 1.82. The van der Waals surface area contributed by atoms with E-state index in [0.717, 1.165) is 34.1 Å². The van der Waals surface area contributed by atoms with E-state index in [9.17, 15) is 24.5 Å². The molecule has 4 aliphatic rings. The largest absolute Gasteiger partial charge is 0.324 e. The van der Waals surface area contributed by atoms with Crippen LogP contribution in [0.5, 0.6) is 0 Å². The molecule has 0 aliphatic carbocycles. The maximum absolute atomic E-state index is 14.0. The van der Waals surface area contributed by atoms with Crippen LogP contribution < -0.4 is 10.2 Å². The topological polar surface area (TPSA) is 113 Å². The minimum atomic E-state index is -1.28. The molecule has 9 nitrogen and oxygen atoms in total. The number of carbonyl (C=O) groups is 3. The third-order valence-electron chi connectivity index (χ3n) is 8.08. The minimum Gasteiger partial charge on any atom is -0.324 e. The fourth-order valence-corrected chi connectivity index (χ4v) is 6.74. The number of hydrogen-bond donors (Lipinski definition) is 1. The van der Waals surface area contributed by atoms with E-state index in [4.69, 9.17) is 11.6 Å². The lowest BCUT2D eigenvalue weighted by molar-refractivity contribution is -0.384. The molecule has 0 saturated carbocycles. The van der Waals surface area contributed by atoms with Gasteiger partial charge in [0.15, 0.2) is 0 Å². The Hall–Kier alpha value is -3.30. The summed E-state index contributed by atoms with van der Waals surface area (Å²) in [6.45, 7) is 4.51. The van der Waals surface area contributed by atoms with Gasteiger partial charge in [-0.25, -0.2) is 4.90 Å². The molecular formula is C24H21ClN4O5. The van der Waals surface area contributed by atoms with Crippen molar-refractivity contribution in [2.24, 2.45) is 11.8 Å². The zero-order chi connectivity index (χ0) is 24.1. The molecule has 174 valence electrons. The van der Waals surface area contributed by atoms with Crippen molar-refractivity contribution in [3.05, 3.63) is 62.2 Å². The van der Waals surface area contributed by atoms with E-state index >= 15 is 0 Å². The van der Waals surface area contributed by atoms with Crippen LogP contribution in [0.25, 0.3) is 0 Å². The van der Waals surface area contributed by atoms with E-state index < -0.39 is 34.1 Å². The number of hydrogen-bond acceptors (Lipinski definition) is 6. The molecule has 4 atom stereocenters. The van der Waals surface area contributed by atoms with Crippen LogP contribution in [0.3, 0.4) is 0 Å². The maximum atomic E-state index is 14.0. The van der Waals surface area contributed by atoms with E-state index in [1.54, 1.807) is 0 Å². The highest BCUT2D eigenvalue weighted by molar-refractivity contribution is 6.33. The van der Waals surface area contributed by atoms with Gasteiger partial charge in [0.1, 0.15) is 10.6 Å². The summed E-state index contributed by atoms with van der Waals surface area (Å²) in [6.07, 6.45) is 1.51. The SMILES string of the molecule is Cc1ccc2c(c1C)NC(=O)[C@@]21[C@@H]2C(=O)N(c3ccc(Cl)c([N+](=O)[O-])c3)C(=O)[C@@H]2[C@@H]2CCCN21. The van der Waals surface area contributed by atoms with E-state index in [2.05, 4.69) is 10.2 Å². The van der Waals surface area contributed by atoms with Crippen molar-refractivity contribution >= 4 is 46.4 Å². The highest BCUT2D eigenvalue weighted by Crippen LogP contribution is 2.61. The van der Waals surface area contributed by atoms with Crippen molar-refractivity contribution < 1.29 is 19.3 Å². The van der Waals surface area contributed by atoms with Gasteiger partial charge < -0.3 is 5.32 Å². The summed E-state index contributed by atoms with van der Waals surface area (Å²) in [5, 5.41) is 14.3. The molecule has 4 heterocycles. The standard InChI is InChI=1S/C24H21ClN4O5/c1-11-5-7-14-20(12(11)2)26-23(32)24(14)19-18(16-4-3-9-27(16)24)21(30)28(22(19)31)13-6-8-15(25)17(10-13)29(33)34/h5-8,10,16,18-19H,3-4,9H2,1-2H3,(H,26,32)/t16-,18+,19-,24-/m0/s1. The average Bonchev–Trinajstić information content (AvgIpc) is 3.50. The van der Waals surface area contributed by atoms with E-state index in [1.807, 2.05) is 26.0 Å². The van der Waals surface area contributed by atoms with Crippen LogP contribution in [0.1, 0.15) is 29.5 Å². The van der Waals surface area contributed by atoms with Crippen molar-refractivity contribution in [2.75, 3.05) is 16.8 Å². The zero-order valence-electron chi connectivity index (χ0n) is 18.5. The van der Waals surface area contributed by atoms with Gasteiger partial charge in [0.25, 0.3) is 5.69 Å². The average molecular weight is 481 g/mol. The number of carbonyl (C=O) groups excluding carboxylic acids is 3. The Kier molecular flexibility index (Phi) is 4.29. The molecular weight excluding hydrogens is 460 g/mol. The number of amides is 3. The van der Waals surface area contributed by atoms with Crippen molar-refractivity contribution in [3.63, 3.8) is 0 Å². The first-order valence-electron chi connectivity index (χ1n) is 11.2. The van der Waals surface area contributed by atoms with Crippen molar-refractivity contribution in [1.29, 1.82) is 0 Å². The number of rotatable bonds is 2. The van der Waals surface area contributed by atoms with Crippen molar-refractivity contribution in [2.45, 2.75) is 38.3 Å². The van der Waals surface area contributed by atoms with Crippen LogP contribution in [-0.2, 0) is 19.9 Å². The van der Waals surface area contributed by atoms with Crippen LogP contribution >= 0.6 is 11.6 Å². The van der Waals surface area contributed by atoms with Gasteiger partial charge in [-0.1, -0.05) is 23.7 Å². The number of benzene rings is 2. The molecule has 2 aromatic rings.